The Labute approximate surface area is 302 Å². The molecular weight excluding hydrogens is 719 g/mol. The molecule has 6 aromatic rings. The highest BCUT2D eigenvalue weighted by Crippen LogP contribution is 2.34. The summed E-state index contributed by atoms with van der Waals surface area (Å²) in [4.78, 5) is 65.3. The fourth-order valence-electron chi connectivity index (χ4n) is 6.21. The molecule has 1 aliphatic heterocycles. The predicted molar refractivity (Wildman–Crippen MR) is 187 cm³/mol. The Morgan fingerprint density at radius 3 is 2.51 bits per heavy atom. The lowest BCUT2D eigenvalue weighted by Gasteiger charge is -2.36. The number of hydrogen-bond donors (Lipinski definition) is 2. The third-order valence-corrected chi connectivity index (χ3v) is 9.20. The fourth-order valence-corrected chi connectivity index (χ4v) is 6.44. The number of fused-ring (bicyclic) bond motifs is 2. The van der Waals surface area contributed by atoms with Gasteiger partial charge in [-0.25, -0.2) is 19.9 Å². The maximum Gasteiger partial charge on any atom is 0.416 e. The van der Waals surface area contributed by atoms with Crippen molar-refractivity contribution in [2.24, 2.45) is 0 Å². The summed E-state index contributed by atoms with van der Waals surface area (Å²) in [5, 5.41) is 17.9. The lowest BCUT2D eigenvalue weighted by Crippen LogP contribution is -2.51. The van der Waals surface area contributed by atoms with E-state index in [1.165, 1.54) is 22.1 Å². The molecule has 5 heterocycles. The van der Waals surface area contributed by atoms with Gasteiger partial charge in [0.05, 0.1) is 33.2 Å². The highest BCUT2D eigenvalue weighted by atomic mass is 35.5. The van der Waals surface area contributed by atoms with Crippen LogP contribution in [0.15, 0.2) is 60.0 Å². The lowest BCUT2D eigenvalue weighted by atomic mass is 10.1. The van der Waals surface area contributed by atoms with Gasteiger partial charge in [-0.05, 0) is 49.7 Å². The number of alkyl halides is 3. The molecule has 1 aliphatic rings. The second-order valence-electron chi connectivity index (χ2n) is 12.2. The van der Waals surface area contributed by atoms with Crippen molar-refractivity contribution in [3.8, 4) is 17.1 Å². The maximum absolute atomic E-state index is 14.3. The van der Waals surface area contributed by atoms with E-state index in [4.69, 9.17) is 11.6 Å². The smallest absolute Gasteiger partial charge is 0.416 e. The van der Waals surface area contributed by atoms with Crippen LogP contribution in [-0.4, -0.2) is 87.1 Å². The zero-order chi connectivity index (χ0) is 37.6. The molecule has 272 valence electrons. The van der Waals surface area contributed by atoms with Crippen LogP contribution in [0.2, 0.25) is 5.02 Å². The van der Waals surface area contributed by atoms with E-state index in [1.807, 2.05) is 0 Å². The Kier molecular flexibility index (Phi) is 9.15. The van der Waals surface area contributed by atoms with Crippen molar-refractivity contribution >= 4 is 51.5 Å². The van der Waals surface area contributed by atoms with Gasteiger partial charge in [0.25, 0.3) is 11.5 Å². The highest BCUT2D eigenvalue weighted by Gasteiger charge is 2.32. The first-order valence-corrected chi connectivity index (χ1v) is 16.7. The first-order valence-electron chi connectivity index (χ1n) is 16.3. The Hall–Kier alpha value is -6.17. The summed E-state index contributed by atoms with van der Waals surface area (Å²) in [6, 6.07) is 7.88. The maximum atomic E-state index is 14.3. The normalized spacial score (nSPS) is 13.5. The Bertz CT molecular complexity index is 2480. The van der Waals surface area contributed by atoms with Crippen LogP contribution in [-0.2, 0) is 23.9 Å². The summed E-state index contributed by atoms with van der Waals surface area (Å²) in [7, 11) is 0. The molecule has 2 aromatic carbocycles. The molecule has 19 heteroatoms. The van der Waals surface area contributed by atoms with Gasteiger partial charge in [-0.1, -0.05) is 18.5 Å². The molecule has 1 saturated heterocycles. The molecule has 7 rings (SSSR count). The molecule has 0 spiro atoms. The topological polar surface area (TPSA) is 177 Å². The lowest BCUT2D eigenvalue weighted by molar-refractivity contribution is -0.137. The van der Waals surface area contributed by atoms with Crippen LogP contribution in [0.3, 0.4) is 0 Å². The number of amides is 2. The molecule has 2 amide bonds. The average Bonchev–Trinajstić information content (AvgIpc) is 3.60. The van der Waals surface area contributed by atoms with Gasteiger partial charge in [-0.3, -0.25) is 14.4 Å². The standard InChI is InChI=1S/C34H29ClF3N11O4/c1-3-25-28(46-8-10-47(11-9-46)31(52)27-29(51)18(2)40-17-42-27)32(53)49-33(44-30(45-49)19-4-6-23-20(12-19)14-39-16-41-23)48(25)15-26(50)43-24-7-5-21(13-22(24)35)34(36,37)38/h4-7,12-14,16-17,51H,3,8-11,15H2,1-2H3,(H,43,50). The largest absolute Gasteiger partial charge is 0.504 e. The van der Waals surface area contributed by atoms with Crippen molar-refractivity contribution in [2.75, 3.05) is 36.4 Å². The third kappa shape index (κ3) is 6.68. The zero-order valence-electron chi connectivity index (χ0n) is 28.1. The first kappa shape index (κ1) is 35.2. The SMILES string of the molecule is CCc1c(N2CCN(C(=O)c3ncnc(C)c3O)CC2)c(=O)n2nc(-c3ccc4ncncc4c3)nc2n1CC(=O)Nc1ccc(C(F)(F)F)cc1Cl. The molecule has 0 saturated carbocycles. The van der Waals surface area contributed by atoms with Crippen LogP contribution in [0, 0.1) is 6.92 Å². The number of hydrogen-bond acceptors (Lipinski definition) is 11. The van der Waals surface area contributed by atoms with Gasteiger partial charge in [-0.15, -0.1) is 5.10 Å². The number of carbonyl (C=O) groups is 2. The predicted octanol–water partition coefficient (Wildman–Crippen LogP) is 4.14. The summed E-state index contributed by atoms with van der Waals surface area (Å²) in [5.41, 5.74) is 0.528. The van der Waals surface area contributed by atoms with Crippen molar-refractivity contribution in [2.45, 2.75) is 33.0 Å². The first-order chi connectivity index (χ1) is 25.3. The highest BCUT2D eigenvalue weighted by molar-refractivity contribution is 6.33. The van der Waals surface area contributed by atoms with E-state index in [1.54, 1.807) is 43.1 Å². The summed E-state index contributed by atoms with van der Waals surface area (Å²) in [6.45, 7) is 3.73. The van der Waals surface area contributed by atoms with Gasteiger partial charge in [0.2, 0.25) is 11.7 Å². The molecule has 0 radical (unpaired) electrons. The molecule has 0 atom stereocenters. The summed E-state index contributed by atoms with van der Waals surface area (Å²) < 4.78 is 42.4. The molecule has 15 nitrogen and oxygen atoms in total. The molecule has 0 bridgehead atoms. The van der Waals surface area contributed by atoms with Crippen molar-refractivity contribution in [1.29, 1.82) is 0 Å². The molecule has 0 aliphatic carbocycles. The number of aromatic nitrogens is 8. The number of piperazine rings is 1. The Morgan fingerprint density at radius 1 is 1.02 bits per heavy atom. The number of halogens is 4. The van der Waals surface area contributed by atoms with Crippen LogP contribution in [0.25, 0.3) is 28.1 Å². The average molecular weight is 748 g/mol. The molecule has 4 aromatic heterocycles. The van der Waals surface area contributed by atoms with Crippen LogP contribution in [0.1, 0.15) is 34.4 Å². The number of aromatic hydroxyl groups is 1. The van der Waals surface area contributed by atoms with E-state index in [2.05, 4.69) is 35.3 Å². The van der Waals surface area contributed by atoms with Crippen molar-refractivity contribution in [3.05, 3.63) is 93.3 Å². The summed E-state index contributed by atoms with van der Waals surface area (Å²) in [5.74, 6) is -1.22. The van der Waals surface area contributed by atoms with Crippen LogP contribution in [0.5, 0.6) is 5.75 Å². The van der Waals surface area contributed by atoms with Crippen LogP contribution >= 0.6 is 11.6 Å². The van der Waals surface area contributed by atoms with Gasteiger partial charge in [-0.2, -0.15) is 22.7 Å². The van der Waals surface area contributed by atoms with Gasteiger partial charge in [0, 0.05) is 43.3 Å². The van der Waals surface area contributed by atoms with Crippen LogP contribution < -0.4 is 15.8 Å². The monoisotopic (exact) mass is 747 g/mol. The number of nitrogens with one attached hydrogen (secondary N) is 1. The van der Waals surface area contributed by atoms with Gasteiger partial charge >= 0.3 is 6.18 Å². The van der Waals surface area contributed by atoms with E-state index in [0.29, 0.717) is 22.2 Å². The van der Waals surface area contributed by atoms with Crippen LogP contribution in [0.4, 0.5) is 24.5 Å². The molecule has 53 heavy (non-hydrogen) atoms. The quantitative estimate of drug-likeness (QED) is 0.240. The molecule has 2 N–H and O–H groups in total. The third-order valence-electron chi connectivity index (χ3n) is 8.89. The van der Waals surface area contributed by atoms with Crippen molar-refractivity contribution in [1.82, 2.24) is 44.0 Å². The Morgan fingerprint density at radius 2 is 1.79 bits per heavy atom. The minimum absolute atomic E-state index is 0.0359. The Balaban J connectivity index is 1.27. The van der Waals surface area contributed by atoms with E-state index in [-0.39, 0.29) is 77.7 Å². The van der Waals surface area contributed by atoms with Crippen molar-refractivity contribution < 1.29 is 27.9 Å². The van der Waals surface area contributed by atoms with E-state index in [0.717, 1.165) is 22.7 Å². The number of carbonyl (C=O) groups excluding carboxylic acids is 2. The minimum atomic E-state index is -4.63. The number of aryl methyl sites for hydroxylation is 1. The summed E-state index contributed by atoms with van der Waals surface area (Å²) in [6.07, 6.45) is -0.117. The minimum Gasteiger partial charge on any atom is -0.504 e. The molecule has 0 unspecified atom stereocenters. The van der Waals surface area contributed by atoms with E-state index >= 15 is 0 Å². The van der Waals surface area contributed by atoms with E-state index in [9.17, 15) is 32.7 Å². The number of rotatable bonds is 7. The second kappa shape index (κ2) is 13.8. The van der Waals surface area contributed by atoms with Gasteiger partial charge < -0.3 is 24.8 Å². The molecular formula is C34H29ClF3N11O4. The van der Waals surface area contributed by atoms with Gasteiger partial charge in [0.1, 0.15) is 24.9 Å². The zero-order valence-corrected chi connectivity index (χ0v) is 28.9. The second-order valence-corrected chi connectivity index (χ2v) is 12.6. The van der Waals surface area contributed by atoms with Gasteiger partial charge in [0.15, 0.2) is 17.3 Å². The van der Waals surface area contributed by atoms with E-state index < -0.39 is 35.7 Å². The summed E-state index contributed by atoms with van der Waals surface area (Å²) >= 11 is 6.13. The molecule has 1 fully saturated rings. The van der Waals surface area contributed by atoms with Crippen molar-refractivity contribution in [3.63, 3.8) is 0 Å². The fraction of sp³-hybridized carbons (Fsp3) is 0.265. The number of nitrogens with zero attached hydrogens (tertiary/aromatic N) is 10. The number of anilines is 2. The number of benzene rings is 2.